The third-order valence-electron chi connectivity index (χ3n) is 5.58. The fraction of sp³-hybridized carbons (Fsp3) is 0.385. The lowest BCUT2D eigenvalue weighted by Gasteiger charge is -2.26. The van der Waals surface area contributed by atoms with Crippen LogP contribution in [-0.2, 0) is 14.3 Å². The number of ketones is 1. The van der Waals surface area contributed by atoms with Crippen LogP contribution in [0.2, 0.25) is 0 Å². The summed E-state index contributed by atoms with van der Waals surface area (Å²) < 4.78 is 27.1. The fourth-order valence-corrected chi connectivity index (χ4v) is 4.03. The maximum Gasteiger partial charge on any atom is 0.295 e. The number of ether oxygens (including phenoxy) is 5. The number of hydrogen-bond acceptors (Lipinski definition) is 8. The predicted molar refractivity (Wildman–Crippen MR) is 129 cm³/mol. The Balaban J connectivity index is 2.19. The smallest absolute Gasteiger partial charge is 0.295 e. The number of aliphatic hydroxyl groups excluding tert-OH is 1. The van der Waals surface area contributed by atoms with Gasteiger partial charge in [0.2, 0.25) is 5.75 Å². The van der Waals surface area contributed by atoms with E-state index in [2.05, 4.69) is 0 Å². The van der Waals surface area contributed by atoms with Crippen molar-refractivity contribution in [3.05, 3.63) is 53.1 Å². The Morgan fingerprint density at radius 3 is 2.06 bits per heavy atom. The minimum absolute atomic E-state index is 0.0133. The highest BCUT2D eigenvalue weighted by Gasteiger charge is 2.46. The molecule has 1 aliphatic rings. The largest absolute Gasteiger partial charge is 0.507 e. The minimum atomic E-state index is -0.898. The predicted octanol–water partition coefficient (Wildman–Crippen LogP) is 3.57. The van der Waals surface area contributed by atoms with Gasteiger partial charge in [0.05, 0.1) is 45.7 Å². The Morgan fingerprint density at radius 1 is 0.971 bits per heavy atom. The van der Waals surface area contributed by atoms with E-state index in [1.54, 1.807) is 36.4 Å². The average molecular weight is 486 g/mol. The lowest BCUT2D eigenvalue weighted by Crippen LogP contribution is -2.32. The molecule has 0 saturated carbocycles. The number of benzene rings is 2. The van der Waals surface area contributed by atoms with Gasteiger partial charge in [-0.25, -0.2) is 0 Å². The van der Waals surface area contributed by atoms with Gasteiger partial charge in [-0.1, -0.05) is 0 Å². The van der Waals surface area contributed by atoms with E-state index in [1.165, 1.54) is 33.3 Å². The second kappa shape index (κ2) is 11.1. The number of methoxy groups -OCH3 is 4. The number of Topliss-reactive ketones (excluding diaryl/α,β-unsaturated/α-hetero) is 1. The number of aliphatic hydroxyl groups is 1. The summed E-state index contributed by atoms with van der Waals surface area (Å²) >= 11 is 0. The summed E-state index contributed by atoms with van der Waals surface area (Å²) in [4.78, 5) is 27.5. The van der Waals surface area contributed by atoms with Crippen molar-refractivity contribution in [2.24, 2.45) is 0 Å². The maximum atomic E-state index is 13.2. The molecule has 35 heavy (non-hydrogen) atoms. The fourth-order valence-electron chi connectivity index (χ4n) is 4.03. The number of rotatable bonds is 10. The lowest BCUT2D eigenvalue weighted by molar-refractivity contribution is -0.140. The Bertz CT molecular complexity index is 1080. The number of amides is 1. The van der Waals surface area contributed by atoms with Crippen molar-refractivity contribution in [2.75, 3.05) is 41.6 Å². The van der Waals surface area contributed by atoms with E-state index in [4.69, 9.17) is 23.7 Å². The lowest BCUT2D eigenvalue weighted by atomic mass is 9.94. The van der Waals surface area contributed by atoms with E-state index < -0.39 is 17.7 Å². The Kier molecular flexibility index (Phi) is 8.24. The third kappa shape index (κ3) is 5.19. The summed E-state index contributed by atoms with van der Waals surface area (Å²) in [6.45, 7) is 4.16. The van der Waals surface area contributed by atoms with Gasteiger partial charge in [0.15, 0.2) is 11.5 Å². The molecule has 0 radical (unpaired) electrons. The van der Waals surface area contributed by atoms with Crippen molar-refractivity contribution in [3.8, 4) is 23.0 Å². The number of nitrogens with zero attached hydrogens (tertiary/aromatic N) is 1. The first kappa shape index (κ1) is 25.9. The molecule has 2 aromatic carbocycles. The van der Waals surface area contributed by atoms with Crippen LogP contribution in [0.25, 0.3) is 5.76 Å². The molecule has 1 heterocycles. The minimum Gasteiger partial charge on any atom is -0.507 e. The van der Waals surface area contributed by atoms with Gasteiger partial charge in [0, 0.05) is 19.2 Å². The van der Waals surface area contributed by atoms with Crippen LogP contribution in [0.4, 0.5) is 0 Å². The summed E-state index contributed by atoms with van der Waals surface area (Å²) in [5, 5.41) is 11.2. The molecule has 0 bridgehead atoms. The van der Waals surface area contributed by atoms with Crippen LogP contribution in [0.3, 0.4) is 0 Å². The van der Waals surface area contributed by atoms with Crippen LogP contribution >= 0.6 is 0 Å². The average Bonchev–Trinajstić information content (AvgIpc) is 3.10. The van der Waals surface area contributed by atoms with Gasteiger partial charge in [0.1, 0.15) is 11.5 Å². The molecule has 0 spiro atoms. The van der Waals surface area contributed by atoms with Crippen LogP contribution in [0, 0.1) is 0 Å². The molecule has 1 amide bonds. The van der Waals surface area contributed by atoms with Gasteiger partial charge in [-0.05, 0) is 55.8 Å². The molecule has 1 atom stereocenters. The van der Waals surface area contributed by atoms with Crippen molar-refractivity contribution in [1.29, 1.82) is 0 Å². The highest BCUT2D eigenvalue weighted by atomic mass is 16.5. The van der Waals surface area contributed by atoms with Crippen molar-refractivity contribution in [2.45, 2.75) is 26.0 Å². The van der Waals surface area contributed by atoms with Gasteiger partial charge in [-0.2, -0.15) is 0 Å². The maximum absolute atomic E-state index is 13.2. The van der Waals surface area contributed by atoms with Gasteiger partial charge < -0.3 is 33.7 Å². The summed E-state index contributed by atoms with van der Waals surface area (Å²) in [7, 11) is 5.94. The summed E-state index contributed by atoms with van der Waals surface area (Å²) in [5.41, 5.74) is 0.845. The SMILES string of the molecule is COCCN1C(=O)C(=O)/C(=C(/O)c2ccc(OC(C)C)cc2)[C@H]1c1cc(OC)c(OC)c(OC)c1. The number of hydrogen-bond donors (Lipinski definition) is 1. The zero-order valence-corrected chi connectivity index (χ0v) is 20.8. The summed E-state index contributed by atoms with van der Waals surface area (Å²) in [6, 6.07) is 9.10. The standard InChI is InChI=1S/C26H31NO8/c1-15(2)35-18-9-7-16(8-10-18)23(28)21-22(27(11-12-31-3)26(30)24(21)29)17-13-19(32-4)25(34-6)20(14-17)33-5/h7-10,13-15,22,28H,11-12H2,1-6H3/b23-21+/t22-/m1/s1. The Labute approximate surface area is 204 Å². The second-order valence-corrected chi connectivity index (χ2v) is 8.13. The summed E-state index contributed by atoms with van der Waals surface area (Å²) in [5.74, 6) is -0.115. The quantitative estimate of drug-likeness (QED) is 0.310. The molecule has 1 aliphatic heterocycles. The van der Waals surface area contributed by atoms with Gasteiger partial charge >= 0.3 is 0 Å². The zero-order valence-electron chi connectivity index (χ0n) is 20.8. The molecule has 9 nitrogen and oxygen atoms in total. The number of carbonyl (C=O) groups is 2. The van der Waals surface area contributed by atoms with E-state index >= 15 is 0 Å². The molecule has 1 fully saturated rings. The van der Waals surface area contributed by atoms with Gasteiger partial charge in [0.25, 0.3) is 11.7 Å². The third-order valence-corrected chi connectivity index (χ3v) is 5.58. The first-order chi connectivity index (χ1) is 16.8. The van der Waals surface area contributed by atoms with Crippen LogP contribution in [-0.4, -0.2) is 69.4 Å². The Morgan fingerprint density at radius 2 is 1.57 bits per heavy atom. The van der Waals surface area contributed by atoms with Crippen LogP contribution in [0.15, 0.2) is 42.0 Å². The number of likely N-dealkylation sites (tertiary alicyclic amines) is 1. The van der Waals surface area contributed by atoms with Crippen LogP contribution in [0.1, 0.15) is 31.0 Å². The molecule has 2 aromatic rings. The molecule has 1 N–H and O–H groups in total. The molecular formula is C26H31NO8. The summed E-state index contributed by atoms with van der Waals surface area (Å²) in [6.07, 6.45) is -0.0133. The van der Waals surface area contributed by atoms with Crippen LogP contribution < -0.4 is 18.9 Å². The molecule has 188 valence electrons. The van der Waals surface area contributed by atoms with Crippen molar-refractivity contribution in [1.82, 2.24) is 4.90 Å². The van der Waals surface area contributed by atoms with Crippen molar-refractivity contribution >= 4 is 17.4 Å². The second-order valence-electron chi connectivity index (χ2n) is 8.13. The zero-order chi connectivity index (χ0) is 25.7. The molecule has 9 heteroatoms. The normalized spacial score (nSPS) is 17.1. The van der Waals surface area contributed by atoms with E-state index in [0.717, 1.165) is 0 Å². The molecular weight excluding hydrogens is 454 g/mol. The Hall–Kier alpha value is -3.72. The van der Waals surface area contributed by atoms with Gasteiger partial charge in [-0.15, -0.1) is 0 Å². The van der Waals surface area contributed by atoms with E-state index in [0.29, 0.717) is 34.1 Å². The highest BCUT2D eigenvalue weighted by molar-refractivity contribution is 6.46. The van der Waals surface area contributed by atoms with Gasteiger partial charge in [-0.3, -0.25) is 9.59 Å². The van der Waals surface area contributed by atoms with E-state index in [9.17, 15) is 14.7 Å². The first-order valence-electron chi connectivity index (χ1n) is 11.1. The molecule has 0 aromatic heterocycles. The molecule has 0 unspecified atom stereocenters. The van der Waals surface area contributed by atoms with E-state index in [-0.39, 0.29) is 30.6 Å². The molecule has 1 saturated heterocycles. The molecule has 3 rings (SSSR count). The first-order valence-corrected chi connectivity index (χ1v) is 11.1. The molecule has 0 aliphatic carbocycles. The number of carbonyl (C=O) groups excluding carboxylic acids is 2. The van der Waals surface area contributed by atoms with Crippen LogP contribution in [0.5, 0.6) is 23.0 Å². The monoisotopic (exact) mass is 485 g/mol. The van der Waals surface area contributed by atoms with Crippen molar-refractivity contribution < 1.29 is 38.4 Å². The van der Waals surface area contributed by atoms with E-state index in [1.807, 2.05) is 13.8 Å². The van der Waals surface area contributed by atoms with Crippen molar-refractivity contribution in [3.63, 3.8) is 0 Å². The highest BCUT2D eigenvalue weighted by Crippen LogP contribution is 2.45. The topological polar surface area (TPSA) is 104 Å².